The third-order valence-corrected chi connectivity index (χ3v) is 3.30. The van der Waals surface area contributed by atoms with Crippen molar-refractivity contribution in [2.45, 2.75) is 26.4 Å². The highest BCUT2D eigenvalue weighted by Gasteiger charge is 2.08. The molecule has 2 N–H and O–H groups in total. The minimum Gasteiger partial charge on any atom is -0.389 e. The molecule has 0 spiro atoms. The van der Waals surface area contributed by atoms with Gasteiger partial charge in [0.2, 0.25) is 0 Å². The molecular weight excluding hydrogens is 277 g/mol. The Kier molecular flexibility index (Phi) is 4.34. The second-order valence-electron chi connectivity index (χ2n) is 4.57. The van der Waals surface area contributed by atoms with Crippen molar-refractivity contribution < 1.29 is 4.39 Å². The smallest absolute Gasteiger partial charge is 0.328 e. The maximum atomic E-state index is 13.9. The Morgan fingerprint density at radius 2 is 2.05 bits per heavy atom. The van der Waals surface area contributed by atoms with Gasteiger partial charge in [0.15, 0.2) is 0 Å². The van der Waals surface area contributed by atoms with Crippen molar-refractivity contribution >= 4 is 17.2 Å². The normalized spacial score (nSPS) is 10.7. The molecule has 1 aromatic carbocycles. The number of hydrogen-bond acceptors (Lipinski definition) is 2. The fourth-order valence-electron chi connectivity index (χ4n) is 2.00. The summed E-state index contributed by atoms with van der Waals surface area (Å²) < 4.78 is 17.0. The van der Waals surface area contributed by atoms with E-state index < -0.39 is 5.82 Å². The van der Waals surface area contributed by atoms with E-state index in [1.165, 1.54) is 10.6 Å². The summed E-state index contributed by atoms with van der Waals surface area (Å²) >= 11 is 4.80. The van der Waals surface area contributed by atoms with Crippen LogP contribution in [0.5, 0.6) is 0 Å². The van der Waals surface area contributed by atoms with E-state index in [1.54, 1.807) is 29.1 Å². The number of benzene rings is 1. The van der Waals surface area contributed by atoms with E-state index in [4.69, 9.17) is 18.0 Å². The Labute approximate surface area is 121 Å². The summed E-state index contributed by atoms with van der Waals surface area (Å²) in [6.07, 6.45) is 4.26. The molecule has 2 aromatic rings. The Morgan fingerprint density at radius 3 is 2.65 bits per heavy atom. The zero-order valence-electron chi connectivity index (χ0n) is 11.2. The van der Waals surface area contributed by atoms with E-state index in [0.717, 1.165) is 6.42 Å². The van der Waals surface area contributed by atoms with Crippen LogP contribution in [-0.2, 0) is 13.1 Å². The minimum atomic E-state index is -0.412. The maximum absolute atomic E-state index is 13.9. The third kappa shape index (κ3) is 2.96. The third-order valence-electron chi connectivity index (χ3n) is 3.06. The molecule has 0 amide bonds. The van der Waals surface area contributed by atoms with E-state index in [2.05, 4.69) is 0 Å². The van der Waals surface area contributed by atoms with Crippen molar-refractivity contribution in [3.63, 3.8) is 0 Å². The molecule has 4 nitrogen and oxygen atoms in total. The van der Waals surface area contributed by atoms with Crippen molar-refractivity contribution in [1.29, 1.82) is 0 Å². The number of thiocarbonyl (C=S) groups is 1. The van der Waals surface area contributed by atoms with Crippen LogP contribution in [0.4, 0.5) is 4.39 Å². The van der Waals surface area contributed by atoms with Gasteiger partial charge in [-0.05, 0) is 12.5 Å². The summed E-state index contributed by atoms with van der Waals surface area (Å²) in [4.78, 5) is 12.2. The number of imidazole rings is 1. The van der Waals surface area contributed by atoms with Crippen LogP contribution in [0.2, 0.25) is 0 Å². The molecule has 0 aliphatic carbocycles. The average molecular weight is 293 g/mol. The second kappa shape index (κ2) is 6.00. The summed E-state index contributed by atoms with van der Waals surface area (Å²) in [6.45, 7) is 2.85. The summed E-state index contributed by atoms with van der Waals surface area (Å²) in [5.74, 6) is -0.412. The molecule has 1 aromatic heterocycles. The number of nitrogens with two attached hydrogens (primary N) is 1. The van der Waals surface area contributed by atoms with Crippen LogP contribution in [0, 0.1) is 5.82 Å². The first-order valence-electron chi connectivity index (χ1n) is 6.36. The zero-order valence-corrected chi connectivity index (χ0v) is 12.0. The van der Waals surface area contributed by atoms with E-state index in [0.29, 0.717) is 17.7 Å². The van der Waals surface area contributed by atoms with Crippen LogP contribution in [0.25, 0.3) is 0 Å². The highest BCUT2D eigenvalue weighted by atomic mass is 32.1. The summed E-state index contributed by atoms with van der Waals surface area (Å²) in [7, 11) is 0. The summed E-state index contributed by atoms with van der Waals surface area (Å²) in [6, 6.07) is 4.56. The first-order chi connectivity index (χ1) is 9.52. The van der Waals surface area contributed by atoms with E-state index in [1.807, 2.05) is 6.92 Å². The minimum absolute atomic E-state index is 0.135. The Bertz CT molecular complexity index is 690. The predicted octanol–water partition coefficient (Wildman–Crippen LogP) is 1.88. The monoisotopic (exact) mass is 293 g/mol. The lowest BCUT2D eigenvalue weighted by molar-refractivity contribution is 0.585. The van der Waals surface area contributed by atoms with E-state index >= 15 is 0 Å². The topological polar surface area (TPSA) is 52.9 Å². The van der Waals surface area contributed by atoms with Gasteiger partial charge in [0.05, 0.1) is 6.54 Å². The summed E-state index contributed by atoms with van der Waals surface area (Å²) in [5.41, 5.74) is 6.23. The van der Waals surface area contributed by atoms with Crippen molar-refractivity contribution in [2.75, 3.05) is 0 Å². The van der Waals surface area contributed by atoms with Gasteiger partial charge >= 0.3 is 5.69 Å². The molecule has 0 fully saturated rings. The van der Waals surface area contributed by atoms with E-state index in [9.17, 15) is 9.18 Å². The molecule has 0 aliphatic heterocycles. The van der Waals surface area contributed by atoms with Crippen LogP contribution in [0.3, 0.4) is 0 Å². The van der Waals surface area contributed by atoms with Crippen molar-refractivity contribution in [1.82, 2.24) is 9.13 Å². The van der Waals surface area contributed by atoms with Crippen molar-refractivity contribution in [3.8, 4) is 0 Å². The van der Waals surface area contributed by atoms with Gasteiger partial charge in [-0.1, -0.05) is 31.3 Å². The van der Waals surface area contributed by atoms with Crippen LogP contribution >= 0.6 is 12.2 Å². The maximum Gasteiger partial charge on any atom is 0.328 e. The molecule has 0 saturated heterocycles. The molecule has 6 heteroatoms. The van der Waals surface area contributed by atoms with Gasteiger partial charge in [0.1, 0.15) is 10.8 Å². The second-order valence-corrected chi connectivity index (χ2v) is 5.01. The number of aromatic nitrogens is 2. The Hall–Kier alpha value is -1.95. The first-order valence-corrected chi connectivity index (χ1v) is 6.77. The summed E-state index contributed by atoms with van der Waals surface area (Å²) in [5, 5.41) is 0. The standard InChI is InChI=1S/C14H16FN3OS/c1-2-5-17-6-7-18(14(17)19)9-11-4-3-10(13(16)20)8-12(11)15/h3-4,6-8H,2,5,9H2,1H3,(H2,16,20). The van der Waals surface area contributed by atoms with Gasteiger partial charge in [-0.15, -0.1) is 0 Å². The van der Waals surface area contributed by atoms with Crippen LogP contribution in [0.15, 0.2) is 35.4 Å². The van der Waals surface area contributed by atoms with Crippen LogP contribution in [0.1, 0.15) is 24.5 Å². The molecule has 0 unspecified atom stereocenters. The zero-order chi connectivity index (χ0) is 14.7. The van der Waals surface area contributed by atoms with Gasteiger partial charge in [-0.25, -0.2) is 9.18 Å². The molecule has 106 valence electrons. The first kappa shape index (κ1) is 14.5. The molecule has 20 heavy (non-hydrogen) atoms. The molecule has 0 saturated carbocycles. The fourth-order valence-corrected chi connectivity index (χ4v) is 2.12. The molecule has 0 aliphatic rings. The van der Waals surface area contributed by atoms with Gasteiger partial charge in [-0.3, -0.25) is 9.13 Å². The molecule has 0 atom stereocenters. The SMILES string of the molecule is CCCn1ccn(Cc2ccc(C(N)=S)cc2F)c1=O. The Balaban J connectivity index is 2.26. The predicted molar refractivity (Wildman–Crippen MR) is 80.4 cm³/mol. The largest absolute Gasteiger partial charge is 0.389 e. The number of nitrogens with zero attached hydrogens (tertiary/aromatic N) is 2. The van der Waals surface area contributed by atoms with Crippen LogP contribution in [-0.4, -0.2) is 14.1 Å². The average Bonchev–Trinajstić information content (AvgIpc) is 2.74. The Morgan fingerprint density at radius 1 is 1.35 bits per heavy atom. The van der Waals surface area contributed by atoms with Crippen molar-refractivity contribution in [2.24, 2.45) is 5.73 Å². The molecule has 1 heterocycles. The quantitative estimate of drug-likeness (QED) is 0.856. The van der Waals surface area contributed by atoms with Gasteiger partial charge < -0.3 is 5.73 Å². The van der Waals surface area contributed by atoms with Crippen LogP contribution < -0.4 is 11.4 Å². The van der Waals surface area contributed by atoms with Gasteiger partial charge in [0, 0.05) is 30.1 Å². The lowest BCUT2D eigenvalue weighted by atomic mass is 10.1. The lowest BCUT2D eigenvalue weighted by Gasteiger charge is -2.06. The number of hydrogen-bond donors (Lipinski definition) is 1. The molecule has 0 bridgehead atoms. The lowest BCUT2D eigenvalue weighted by Crippen LogP contribution is -2.24. The molecular formula is C14H16FN3OS. The van der Waals surface area contributed by atoms with E-state index in [-0.39, 0.29) is 17.2 Å². The fraction of sp³-hybridized carbons (Fsp3) is 0.286. The highest BCUT2D eigenvalue weighted by molar-refractivity contribution is 7.80. The number of aryl methyl sites for hydroxylation is 1. The van der Waals surface area contributed by atoms with Gasteiger partial charge in [-0.2, -0.15) is 0 Å². The van der Waals surface area contributed by atoms with Gasteiger partial charge in [0.25, 0.3) is 0 Å². The molecule has 2 rings (SSSR count). The number of rotatable bonds is 5. The van der Waals surface area contributed by atoms with Crippen molar-refractivity contribution in [3.05, 3.63) is 58.0 Å². The molecule has 0 radical (unpaired) electrons. The highest BCUT2D eigenvalue weighted by Crippen LogP contribution is 2.11. The number of halogens is 1.